The van der Waals surface area contributed by atoms with E-state index in [-0.39, 0.29) is 11.7 Å². The van der Waals surface area contributed by atoms with E-state index < -0.39 is 0 Å². The number of aromatic nitrogens is 5. The molecule has 0 aromatic carbocycles. The Balaban J connectivity index is 1.73. The van der Waals surface area contributed by atoms with E-state index >= 15 is 0 Å². The standard InChI is InChI=1S/C18H24N6OS3/c1-5-8-24-16(13-9-26-11(4)12(13)6-2)21-23-18(24)27-10-14(25)19-17-22-20-15(7-3)28-17/h9H,5-8,10H2,1-4H3,(H,19,22,25). The van der Waals surface area contributed by atoms with E-state index in [4.69, 9.17) is 0 Å². The van der Waals surface area contributed by atoms with Crippen LogP contribution in [0.3, 0.4) is 0 Å². The highest BCUT2D eigenvalue weighted by Crippen LogP contribution is 2.32. The lowest BCUT2D eigenvalue weighted by atomic mass is 10.1. The number of carbonyl (C=O) groups is 1. The third-order valence-electron chi connectivity index (χ3n) is 4.21. The van der Waals surface area contributed by atoms with Crippen LogP contribution >= 0.6 is 34.4 Å². The maximum absolute atomic E-state index is 12.3. The van der Waals surface area contributed by atoms with Gasteiger partial charge < -0.3 is 4.57 Å². The van der Waals surface area contributed by atoms with E-state index in [1.54, 1.807) is 11.3 Å². The van der Waals surface area contributed by atoms with Crippen LogP contribution in [0.4, 0.5) is 5.13 Å². The second-order valence-electron chi connectivity index (χ2n) is 6.19. The smallest absolute Gasteiger partial charge is 0.236 e. The van der Waals surface area contributed by atoms with Crippen molar-refractivity contribution in [2.45, 2.75) is 58.7 Å². The van der Waals surface area contributed by atoms with Crippen molar-refractivity contribution >= 4 is 45.5 Å². The fourth-order valence-corrected chi connectivity index (χ4v) is 5.26. The Morgan fingerprint density at radius 1 is 1.18 bits per heavy atom. The summed E-state index contributed by atoms with van der Waals surface area (Å²) in [5, 5.41) is 24.0. The molecule has 1 N–H and O–H groups in total. The molecule has 0 aliphatic carbocycles. The fourth-order valence-electron chi connectivity index (χ4n) is 2.86. The van der Waals surface area contributed by atoms with Gasteiger partial charge >= 0.3 is 0 Å². The third-order valence-corrected chi connectivity index (χ3v) is 7.11. The van der Waals surface area contributed by atoms with Gasteiger partial charge in [0.05, 0.1) is 5.75 Å². The molecule has 3 aromatic heterocycles. The molecule has 0 radical (unpaired) electrons. The van der Waals surface area contributed by atoms with Crippen LogP contribution in [0.5, 0.6) is 0 Å². The summed E-state index contributed by atoms with van der Waals surface area (Å²) in [4.78, 5) is 13.6. The van der Waals surface area contributed by atoms with Crippen LogP contribution in [-0.2, 0) is 24.2 Å². The van der Waals surface area contributed by atoms with Gasteiger partial charge in [0, 0.05) is 22.4 Å². The van der Waals surface area contributed by atoms with Gasteiger partial charge in [-0.05, 0) is 31.7 Å². The lowest BCUT2D eigenvalue weighted by Gasteiger charge is -2.09. The maximum atomic E-state index is 12.3. The second kappa shape index (κ2) is 9.62. The van der Waals surface area contributed by atoms with Crippen LogP contribution in [0.15, 0.2) is 10.5 Å². The van der Waals surface area contributed by atoms with Gasteiger partial charge in [-0.15, -0.1) is 31.7 Å². The minimum atomic E-state index is -0.114. The molecule has 0 atom stereocenters. The molecule has 1 amide bonds. The summed E-state index contributed by atoms with van der Waals surface area (Å²) in [6.45, 7) is 9.27. The number of nitrogens with one attached hydrogen (secondary N) is 1. The van der Waals surface area contributed by atoms with Crippen LogP contribution in [0.2, 0.25) is 0 Å². The molecule has 10 heteroatoms. The van der Waals surface area contributed by atoms with E-state index in [0.717, 1.165) is 47.4 Å². The summed E-state index contributed by atoms with van der Waals surface area (Å²) in [5.41, 5.74) is 2.48. The highest BCUT2D eigenvalue weighted by atomic mass is 32.2. The average Bonchev–Trinajstić information content (AvgIpc) is 3.39. The van der Waals surface area contributed by atoms with Crippen LogP contribution < -0.4 is 5.32 Å². The van der Waals surface area contributed by atoms with Crippen molar-refractivity contribution in [3.05, 3.63) is 20.8 Å². The number of amides is 1. The summed E-state index contributed by atoms with van der Waals surface area (Å²) in [7, 11) is 0. The molecule has 7 nitrogen and oxygen atoms in total. The van der Waals surface area contributed by atoms with Crippen molar-refractivity contribution in [3.8, 4) is 11.4 Å². The number of nitrogens with zero attached hydrogens (tertiary/aromatic N) is 5. The third kappa shape index (κ3) is 4.61. The van der Waals surface area contributed by atoms with E-state index in [2.05, 4.69) is 56.4 Å². The molecule has 3 rings (SSSR count). The van der Waals surface area contributed by atoms with Gasteiger partial charge in [0.1, 0.15) is 5.01 Å². The van der Waals surface area contributed by atoms with Crippen LogP contribution in [0.1, 0.15) is 42.6 Å². The molecule has 0 spiro atoms. The number of hydrogen-bond acceptors (Lipinski definition) is 8. The lowest BCUT2D eigenvalue weighted by Crippen LogP contribution is -2.14. The van der Waals surface area contributed by atoms with Gasteiger partial charge in [-0.1, -0.05) is 43.9 Å². The number of aryl methyl sites for hydroxylation is 2. The van der Waals surface area contributed by atoms with Crippen molar-refractivity contribution in [2.24, 2.45) is 0 Å². The van der Waals surface area contributed by atoms with E-state index in [0.29, 0.717) is 5.13 Å². The highest BCUT2D eigenvalue weighted by molar-refractivity contribution is 7.99. The Morgan fingerprint density at radius 3 is 2.68 bits per heavy atom. The molecule has 0 bridgehead atoms. The summed E-state index contributed by atoms with van der Waals surface area (Å²) in [6, 6.07) is 0. The Bertz CT molecular complexity index is 945. The predicted octanol–water partition coefficient (Wildman–Crippen LogP) is 4.43. The van der Waals surface area contributed by atoms with Gasteiger partial charge in [-0.2, -0.15) is 0 Å². The minimum Gasteiger partial charge on any atom is -0.302 e. The first-order chi connectivity index (χ1) is 13.6. The summed E-state index contributed by atoms with van der Waals surface area (Å²) < 4.78 is 2.12. The molecular formula is C18H24N6OS3. The monoisotopic (exact) mass is 436 g/mol. The Hall–Kier alpha value is -1.78. The molecule has 0 fully saturated rings. The highest BCUT2D eigenvalue weighted by Gasteiger charge is 2.19. The zero-order chi connectivity index (χ0) is 20.1. The van der Waals surface area contributed by atoms with Crippen molar-refractivity contribution < 1.29 is 4.79 Å². The number of rotatable bonds is 9. The molecular weight excluding hydrogens is 412 g/mol. The molecule has 0 aliphatic rings. The van der Waals surface area contributed by atoms with Gasteiger partial charge in [0.25, 0.3) is 0 Å². The van der Waals surface area contributed by atoms with Gasteiger partial charge in [0.2, 0.25) is 11.0 Å². The molecule has 150 valence electrons. The number of anilines is 1. The Morgan fingerprint density at radius 2 is 2.00 bits per heavy atom. The van der Waals surface area contributed by atoms with E-state index in [9.17, 15) is 4.79 Å². The maximum Gasteiger partial charge on any atom is 0.236 e. The second-order valence-corrected chi connectivity index (χ2v) is 9.28. The van der Waals surface area contributed by atoms with Crippen molar-refractivity contribution in [1.82, 2.24) is 25.0 Å². The molecule has 0 unspecified atom stereocenters. The number of hydrogen-bond donors (Lipinski definition) is 1. The molecule has 3 heterocycles. The zero-order valence-electron chi connectivity index (χ0n) is 16.5. The molecule has 0 saturated carbocycles. The Labute approximate surface area is 177 Å². The van der Waals surface area contributed by atoms with Crippen LogP contribution in [0.25, 0.3) is 11.4 Å². The largest absolute Gasteiger partial charge is 0.302 e. The topological polar surface area (TPSA) is 85.6 Å². The molecule has 28 heavy (non-hydrogen) atoms. The predicted molar refractivity (Wildman–Crippen MR) is 116 cm³/mol. The fraction of sp³-hybridized carbons (Fsp3) is 0.500. The van der Waals surface area contributed by atoms with Crippen LogP contribution in [-0.4, -0.2) is 36.6 Å². The van der Waals surface area contributed by atoms with E-state index in [1.807, 2.05) is 6.92 Å². The zero-order valence-corrected chi connectivity index (χ0v) is 18.9. The lowest BCUT2D eigenvalue weighted by molar-refractivity contribution is -0.113. The summed E-state index contributed by atoms with van der Waals surface area (Å²) in [6.07, 6.45) is 2.75. The quantitative estimate of drug-likeness (QED) is 0.499. The van der Waals surface area contributed by atoms with Gasteiger partial charge in [0.15, 0.2) is 11.0 Å². The SMILES string of the molecule is CCCn1c(SCC(=O)Nc2nnc(CC)s2)nnc1-c1csc(C)c1CC. The van der Waals surface area contributed by atoms with Crippen molar-refractivity contribution in [3.63, 3.8) is 0 Å². The summed E-state index contributed by atoms with van der Waals surface area (Å²) in [5.74, 6) is 1.03. The number of thiophene rings is 1. The molecule has 0 aliphatic heterocycles. The average molecular weight is 437 g/mol. The van der Waals surface area contributed by atoms with Crippen molar-refractivity contribution in [2.75, 3.05) is 11.1 Å². The first-order valence-electron chi connectivity index (χ1n) is 9.32. The molecule has 0 saturated heterocycles. The van der Waals surface area contributed by atoms with Gasteiger partial charge in [-0.25, -0.2) is 0 Å². The number of carbonyl (C=O) groups excluding carboxylic acids is 1. The van der Waals surface area contributed by atoms with Gasteiger partial charge in [-0.3, -0.25) is 10.1 Å². The first kappa shape index (κ1) is 20.9. The molecule has 3 aromatic rings. The van der Waals surface area contributed by atoms with Crippen LogP contribution in [0, 0.1) is 6.92 Å². The Kier molecular flexibility index (Phi) is 7.19. The normalized spacial score (nSPS) is 11.1. The minimum absolute atomic E-state index is 0.114. The first-order valence-corrected chi connectivity index (χ1v) is 12.0. The summed E-state index contributed by atoms with van der Waals surface area (Å²) >= 11 is 4.55. The number of thioether (sulfide) groups is 1. The van der Waals surface area contributed by atoms with Crippen molar-refractivity contribution in [1.29, 1.82) is 0 Å². The van der Waals surface area contributed by atoms with E-state index in [1.165, 1.54) is 33.5 Å².